The van der Waals surface area contributed by atoms with Gasteiger partial charge in [0.05, 0.1) is 19.3 Å². The van der Waals surface area contributed by atoms with Crippen LogP contribution in [-0.4, -0.2) is 19.3 Å². The Balaban J connectivity index is 1.52. The number of imidazole rings is 1. The zero-order valence-electron chi connectivity index (χ0n) is 12.1. The molecule has 5 heteroatoms. The number of nitrogens with one attached hydrogen (secondary N) is 1. The quantitative estimate of drug-likeness (QED) is 0.751. The van der Waals surface area contributed by atoms with Gasteiger partial charge >= 0.3 is 0 Å². The molecule has 0 aliphatic heterocycles. The maximum absolute atomic E-state index is 4.40. The molecule has 0 amide bonds. The first-order valence-corrected chi connectivity index (χ1v) is 7.03. The molecule has 108 valence electrons. The van der Waals surface area contributed by atoms with Gasteiger partial charge in [-0.05, 0) is 5.56 Å². The largest absolute Gasteiger partial charge is 0.337 e. The minimum Gasteiger partial charge on any atom is -0.337 e. The summed E-state index contributed by atoms with van der Waals surface area (Å²) >= 11 is 0. The lowest BCUT2D eigenvalue weighted by Gasteiger charge is -2.03. The van der Waals surface area contributed by atoms with E-state index in [1.165, 1.54) is 11.1 Å². The second-order valence-corrected chi connectivity index (χ2v) is 5.09. The molecule has 0 aliphatic rings. The van der Waals surface area contributed by atoms with Crippen molar-refractivity contribution in [3.63, 3.8) is 0 Å². The molecule has 0 fully saturated rings. The highest BCUT2D eigenvalue weighted by atomic mass is 15.3. The molecule has 0 spiro atoms. The monoisotopic (exact) mass is 281 g/mol. The van der Waals surface area contributed by atoms with Gasteiger partial charge in [0, 0.05) is 37.7 Å². The van der Waals surface area contributed by atoms with Crippen LogP contribution in [0.1, 0.15) is 17.0 Å². The third-order valence-corrected chi connectivity index (χ3v) is 3.41. The summed E-state index contributed by atoms with van der Waals surface area (Å²) in [5.74, 6) is 1.03. The Kier molecular flexibility index (Phi) is 4.12. The Labute approximate surface area is 124 Å². The van der Waals surface area contributed by atoms with Gasteiger partial charge in [0.25, 0.3) is 0 Å². The Morgan fingerprint density at radius 3 is 2.71 bits per heavy atom. The molecule has 0 radical (unpaired) electrons. The SMILES string of the molecule is Cn1ccnc1CNCc1cnn(Cc2ccccc2)c1. The maximum Gasteiger partial charge on any atom is 0.122 e. The fourth-order valence-electron chi connectivity index (χ4n) is 2.24. The third-order valence-electron chi connectivity index (χ3n) is 3.41. The summed E-state index contributed by atoms with van der Waals surface area (Å²) in [6.07, 6.45) is 7.76. The van der Waals surface area contributed by atoms with Gasteiger partial charge in [0.2, 0.25) is 0 Å². The smallest absolute Gasteiger partial charge is 0.122 e. The Morgan fingerprint density at radius 2 is 1.95 bits per heavy atom. The van der Waals surface area contributed by atoms with Gasteiger partial charge in [-0.15, -0.1) is 0 Å². The van der Waals surface area contributed by atoms with Gasteiger partial charge in [-0.3, -0.25) is 4.68 Å². The third kappa shape index (κ3) is 3.58. The molecule has 2 heterocycles. The van der Waals surface area contributed by atoms with Crippen LogP contribution in [-0.2, 0) is 26.7 Å². The number of nitrogens with zero attached hydrogens (tertiary/aromatic N) is 4. The molecule has 1 N–H and O–H groups in total. The molecule has 0 atom stereocenters. The van der Waals surface area contributed by atoms with Crippen molar-refractivity contribution in [1.29, 1.82) is 0 Å². The van der Waals surface area contributed by atoms with Crippen molar-refractivity contribution in [2.45, 2.75) is 19.6 Å². The van der Waals surface area contributed by atoms with Crippen LogP contribution in [0.15, 0.2) is 55.1 Å². The summed E-state index contributed by atoms with van der Waals surface area (Å²) in [5.41, 5.74) is 2.44. The number of hydrogen-bond acceptors (Lipinski definition) is 3. The molecule has 0 bridgehead atoms. The van der Waals surface area contributed by atoms with Crippen molar-refractivity contribution < 1.29 is 0 Å². The van der Waals surface area contributed by atoms with Crippen molar-refractivity contribution in [2.24, 2.45) is 7.05 Å². The number of rotatable bonds is 6. The fraction of sp³-hybridized carbons (Fsp3) is 0.250. The minimum atomic E-state index is 0.757. The highest BCUT2D eigenvalue weighted by Crippen LogP contribution is 2.04. The standard InChI is InChI=1S/C16H19N5/c1-20-8-7-18-16(20)11-17-9-15-10-19-21(13-15)12-14-5-3-2-4-6-14/h2-8,10,13,17H,9,11-12H2,1H3. The van der Waals surface area contributed by atoms with Crippen molar-refractivity contribution in [2.75, 3.05) is 0 Å². The Bertz CT molecular complexity index is 684. The lowest BCUT2D eigenvalue weighted by molar-refractivity contribution is 0.637. The zero-order valence-corrected chi connectivity index (χ0v) is 12.1. The number of hydrogen-bond donors (Lipinski definition) is 1. The topological polar surface area (TPSA) is 47.7 Å². The number of aryl methyl sites for hydroxylation is 1. The number of aromatic nitrogens is 4. The van der Waals surface area contributed by atoms with Gasteiger partial charge in [-0.1, -0.05) is 30.3 Å². The first-order valence-electron chi connectivity index (χ1n) is 7.03. The van der Waals surface area contributed by atoms with Crippen LogP contribution in [0.25, 0.3) is 0 Å². The average Bonchev–Trinajstić information content (AvgIpc) is 3.10. The molecule has 0 unspecified atom stereocenters. The lowest BCUT2D eigenvalue weighted by Crippen LogP contribution is -2.15. The van der Waals surface area contributed by atoms with E-state index in [4.69, 9.17) is 0 Å². The molecule has 1 aromatic carbocycles. The van der Waals surface area contributed by atoms with E-state index in [2.05, 4.69) is 33.7 Å². The number of benzene rings is 1. The predicted octanol–water partition coefficient (Wildman–Crippen LogP) is 1.95. The molecular formula is C16H19N5. The van der Waals surface area contributed by atoms with Crippen LogP contribution < -0.4 is 5.32 Å². The van der Waals surface area contributed by atoms with Crippen LogP contribution in [0.2, 0.25) is 0 Å². The van der Waals surface area contributed by atoms with Crippen molar-refractivity contribution in [3.05, 3.63) is 72.1 Å². The van der Waals surface area contributed by atoms with Crippen LogP contribution >= 0.6 is 0 Å². The van der Waals surface area contributed by atoms with E-state index in [0.717, 1.165) is 25.5 Å². The summed E-state index contributed by atoms with van der Waals surface area (Å²) in [4.78, 5) is 4.29. The van der Waals surface area contributed by atoms with E-state index < -0.39 is 0 Å². The normalized spacial score (nSPS) is 10.9. The first kappa shape index (κ1) is 13.6. The van der Waals surface area contributed by atoms with E-state index >= 15 is 0 Å². The summed E-state index contributed by atoms with van der Waals surface area (Å²) in [7, 11) is 2.00. The molecule has 0 saturated carbocycles. The maximum atomic E-state index is 4.40. The van der Waals surface area contributed by atoms with Gasteiger partial charge in [0.15, 0.2) is 0 Å². The van der Waals surface area contributed by atoms with Gasteiger partial charge < -0.3 is 9.88 Å². The second kappa shape index (κ2) is 6.37. The molecule has 3 aromatic rings. The minimum absolute atomic E-state index is 0.757. The van der Waals surface area contributed by atoms with Gasteiger partial charge in [-0.2, -0.15) is 5.10 Å². The van der Waals surface area contributed by atoms with Crippen molar-refractivity contribution >= 4 is 0 Å². The van der Waals surface area contributed by atoms with Gasteiger partial charge in [0.1, 0.15) is 5.82 Å². The molecular weight excluding hydrogens is 262 g/mol. The highest BCUT2D eigenvalue weighted by molar-refractivity contribution is 5.15. The predicted molar refractivity (Wildman–Crippen MR) is 81.5 cm³/mol. The van der Waals surface area contributed by atoms with E-state index in [0.29, 0.717) is 0 Å². The average molecular weight is 281 g/mol. The van der Waals surface area contributed by atoms with E-state index in [9.17, 15) is 0 Å². The summed E-state index contributed by atoms with van der Waals surface area (Å²) in [5, 5.41) is 7.79. The molecule has 0 saturated heterocycles. The highest BCUT2D eigenvalue weighted by Gasteiger charge is 2.01. The van der Waals surface area contributed by atoms with E-state index in [1.54, 1.807) is 0 Å². The first-order chi connectivity index (χ1) is 10.3. The Morgan fingerprint density at radius 1 is 1.10 bits per heavy atom. The van der Waals surface area contributed by atoms with Crippen molar-refractivity contribution in [3.8, 4) is 0 Å². The van der Waals surface area contributed by atoms with E-state index in [1.807, 2.05) is 53.1 Å². The van der Waals surface area contributed by atoms with Gasteiger partial charge in [-0.25, -0.2) is 4.98 Å². The molecule has 21 heavy (non-hydrogen) atoms. The summed E-state index contributed by atoms with van der Waals surface area (Å²) in [6.45, 7) is 2.36. The van der Waals surface area contributed by atoms with Crippen LogP contribution in [0, 0.1) is 0 Å². The summed E-state index contributed by atoms with van der Waals surface area (Å²) in [6, 6.07) is 10.4. The lowest BCUT2D eigenvalue weighted by atomic mass is 10.2. The summed E-state index contributed by atoms with van der Waals surface area (Å²) < 4.78 is 3.99. The molecule has 2 aromatic heterocycles. The Hall–Kier alpha value is -2.40. The zero-order chi connectivity index (χ0) is 14.5. The van der Waals surface area contributed by atoms with Crippen LogP contribution in [0.4, 0.5) is 0 Å². The van der Waals surface area contributed by atoms with Crippen LogP contribution in [0.5, 0.6) is 0 Å². The van der Waals surface area contributed by atoms with E-state index in [-0.39, 0.29) is 0 Å². The fourth-order valence-corrected chi connectivity index (χ4v) is 2.24. The molecule has 0 aliphatic carbocycles. The molecule has 5 nitrogen and oxygen atoms in total. The second-order valence-electron chi connectivity index (χ2n) is 5.09. The van der Waals surface area contributed by atoms with Crippen LogP contribution in [0.3, 0.4) is 0 Å². The van der Waals surface area contributed by atoms with Crippen molar-refractivity contribution in [1.82, 2.24) is 24.6 Å². The molecule has 3 rings (SSSR count).